The molecule has 1 amide bonds. The zero-order valence-corrected chi connectivity index (χ0v) is 15.5. The maximum atomic E-state index is 11.6. The molecule has 1 atom stereocenters. The first-order valence-electron chi connectivity index (χ1n) is 9.22. The van der Waals surface area contributed by atoms with Gasteiger partial charge in [-0.15, -0.1) is 0 Å². The van der Waals surface area contributed by atoms with Gasteiger partial charge in [0.1, 0.15) is 0 Å². The highest BCUT2D eigenvalue weighted by molar-refractivity contribution is 5.81. The van der Waals surface area contributed by atoms with Crippen molar-refractivity contribution >= 4 is 23.2 Å². The van der Waals surface area contributed by atoms with Gasteiger partial charge < -0.3 is 20.9 Å². The van der Waals surface area contributed by atoms with Gasteiger partial charge in [0.15, 0.2) is 5.96 Å². The van der Waals surface area contributed by atoms with Crippen molar-refractivity contribution in [2.45, 2.75) is 19.3 Å². The van der Waals surface area contributed by atoms with Gasteiger partial charge in [0.25, 0.3) is 5.69 Å². The normalized spacial score (nSPS) is 22.6. The molecule has 0 aromatic heterocycles. The zero-order valence-electron chi connectivity index (χ0n) is 15.5. The number of likely N-dealkylation sites (tertiary alicyclic amines) is 1. The molecule has 1 aromatic carbocycles. The second kappa shape index (κ2) is 8.24. The van der Waals surface area contributed by atoms with Gasteiger partial charge in [-0.1, -0.05) is 0 Å². The molecule has 2 saturated heterocycles. The molecule has 2 fully saturated rings. The number of benzene rings is 1. The molecule has 0 saturated carbocycles. The molecule has 2 heterocycles. The maximum Gasteiger partial charge on any atom is 0.269 e. The lowest BCUT2D eigenvalue weighted by Gasteiger charge is -2.40. The Bertz CT molecular complexity index is 720. The number of carbonyl (C=O) groups is 1. The molecule has 2 aliphatic heterocycles. The Morgan fingerprint density at radius 2 is 2.15 bits per heavy atom. The average molecular weight is 374 g/mol. The first-order chi connectivity index (χ1) is 13.0. The number of piperidine rings is 1. The monoisotopic (exact) mass is 374 g/mol. The van der Waals surface area contributed by atoms with Crippen LogP contribution in [0.3, 0.4) is 0 Å². The number of amides is 1. The largest absolute Gasteiger partial charge is 0.383 e. The lowest BCUT2D eigenvalue weighted by molar-refractivity contribution is -0.384. The molecule has 9 heteroatoms. The van der Waals surface area contributed by atoms with Gasteiger partial charge in [-0.25, -0.2) is 0 Å². The Hall–Kier alpha value is -2.84. The number of anilines is 1. The number of carbonyl (C=O) groups excluding carboxylic acids is 1. The van der Waals surface area contributed by atoms with Crippen molar-refractivity contribution in [3.8, 4) is 0 Å². The summed E-state index contributed by atoms with van der Waals surface area (Å²) in [5.74, 6) is 0.992. The fourth-order valence-electron chi connectivity index (χ4n) is 3.84. The molecule has 146 valence electrons. The minimum absolute atomic E-state index is 0.0317. The number of nitrogens with zero attached hydrogens (tertiary/aromatic N) is 3. The van der Waals surface area contributed by atoms with E-state index in [0.717, 1.165) is 44.1 Å². The number of guanidine groups is 1. The highest BCUT2D eigenvalue weighted by Crippen LogP contribution is 2.35. The minimum atomic E-state index is -0.409. The number of nitro groups is 1. The van der Waals surface area contributed by atoms with E-state index in [9.17, 15) is 14.9 Å². The van der Waals surface area contributed by atoms with E-state index in [2.05, 4.69) is 25.8 Å². The number of nitro benzene ring substituents is 1. The summed E-state index contributed by atoms with van der Waals surface area (Å²) in [6.07, 6.45) is 2.72. The third kappa shape index (κ3) is 4.66. The Morgan fingerprint density at radius 3 is 2.78 bits per heavy atom. The molecular weight excluding hydrogens is 348 g/mol. The predicted molar refractivity (Wildman–Crippen MR) is 104 cm³/mol. The number of rotatable bonds is 5. The van der Waals surface area contributed by atoms with E-state index in [1.807, 2.05) is 0 Å². The standard InChI is InChI=1S/C18H26N6O3/c1-19-17(23-10-2-7-18(13-23)11-16(25)22-12-18)21-9-8-20-14-3-5-15(6-4-14)24(26)27/h3-6,20H,2,7-13H2,1H3,(H,19,21)(H,22,25). The smallest absolute Gasteiger partial charge is 0.269 e. The second-order valence-electron chi connectivity index (χ2n) is 7.18. The molecule has 0 bridgehead atoms. The topological polar surface area (TPSA) is 112 Å². The first kappa shape index (κ1) is 18.9. The van der Waals surface area contributed by atoms with Crippen molar-refractivity contribution in [2.24, 2.45) is 10.4 Å². The van der Waals surface area contributed by atoms with E-state index in [0.29, 0.717) is 19.5 Å². The van der Waals surface area contributed by atoms with Crippen molar-refractivity contribution in [3.63, 3.8) is 0 Å². The maximum absolute atomic E-state index is 11.6. The lowest BCUT2D eigenvalue weighted by atomic mass is 9.79. The summed E-state index contributed by atoms with van der Waals surface area (Å²) < 4.78 is 0. The number of hydrogen-bond acceptors (Lipinski definition) is 5. The van der Waals surface area contributed by atoms with Crippen LogP contribution in [-0.4, -0.2) is 61.5 Å². The van der Waals surface area contributed by atoms with E-state index in [4.69, 9.17) is 0 Å². The molecule has 3 N–H and O–H groups in total. The van der Waals surface area contributed by atoms with Gasteiger partial charge in [-0.05, 0) is 25.0 Å². The molecule has 3 rings (SSSR count). The summed E-state index contributed by atoms with van der Waals surface area (Å²) in [6, 6.07) is 6.37. The van der Waals surface area contributed by atoms with Crippen molar-refractivity contribution in [1.29, 1.82) is 0 Å². The molecule has 27 heavy (non-hydrogen) atoms. The first-order valence-corrected chi connectivity index (χ1v) is 9.22. The zero-order chi connectivity index (χ0) is 19.3. The quantitative estimate of drug-likeness (QED) is 0.235. The highest BCUT2D eigenvalue weighted by Gasteiger charge is 2.42. The van der Waals surface area contributed by atoms with E-state index >= 15 is 0 Å². The van der Waals surface area contributed by atoms with Crippen molar-refractivity contribution in [1.82, 2.24) is 15.5 Å². The third-order valence-electron chi connectivity index (χ3n) is 5.18. The van der Waals surface area contributed by atoms with E-state index < -0.39 is 4.92 Å². The van der Waals surface area contributed by atoms with Crippen LogP contribution in [0.2, 0.25) is 0 Å². The minimum Gasteiger partial charge on any atom is -0.383 e. The average Bonchev–Trinajstić information content (AvgIpc) is 3.01. The van der Waals surface area contributed by atoms with Crippen LogP contribution in [0.15, 0.2) is 29.3 Å². The molecular formula is C18H26N6O3. The molecule has 1 spiro atoms. The molecule has 1 aromatic rings. The fourth-order valence-corrected chi connectivity index (χ4v) is 3.84. The van der Waals surface area contributed by atoms with Crippen LogP contribution < -0.4 is 16.0 Å². The number of aliphatic imine (C=N–C) groups is 1. The van der Waals surface area contributed by atoms with E-state index in [1.165, 1.54) is 12.1 Å². The fraction of sp³-hybridized carbons (Fsp3) is 0.556. The summed E-state index contributed by atoms with van der Waals surface area (Å²) in [7, 11) is 1.77. The molecule has 9 nitrogen and oxygen atoms in total. The summed E-state index contributed by atoms with van der Waals surface area (Å²) in [5, 5.41) is 20.2. The van der Waals surface area contributed by atoms with E-state index in [-0.39, 0.29) is 17.0 Å². The van der Waals surface area contributed by atoms with Crippen LogP contribution in [0.4, 0.5) is 11.4 Å². The SMILES string of the molecule is CN=C(NCCNc1ccc([N+](=O)[O-])cc1)N1CCCC2(CNC(=O)C2)C1. The van der Waals surface area contributed by atoms with Gasteiger partial charge in [0, 0.05) is 69.4 Å². The van der Waals surface area contributed by atoms with Crippen LogP contribution in [0.25, 0.3) is 0 Å². The van der Waals surface area contributed by atoms with Crippen LogP contribution in [0.1, 0.15) is 19.3 Å². The molecule has 0 aliphatic carbocycles. The van der Waals surface area contributed by atoms with Gasteiger partial charge in [-0.2, -0.15) is 0 Å². The number of non-ortho nitro benzene ring substituents is 1. The Balaban J connectivity index is 1.46. The highest BCUT2D eigenvalue weighted by atomic mass is 16.6. The third-order valence-corrected chi connectivity index (χ3v) is 5.18. The van der Waals surface area contributed by atoms with Crippen LogP contribution in [0, 0.1) is 15.5 Å². The van der Waals surface area contributed by atoms with Crippen molar-refractivity contribution in [2.75, 3.05) is 45.1 Å². The number of hydrogen-bond donors (Lipinski definition) is 3. The van der Waals surface area contributed by atoms with Gasteiger partial charge >= 0.3 is 0 Å². The van der Waals surface area contributed by atoms with E-state index in [1.54, 1.807) is 19.2 Å². The van der Waals surface area contributed by atoms with Gasteiger partial charge in [-0.3, -0.25) is 19.9 Å². The summed E-state index contributed by atoms with van der Waals surface area (Å²) in [5.41, 5.74) is 0.951. The Morgan fingerprint density at radius 1 is 1.37 bits per heavy atom. The molecule has 0 radical (unpaired) electrons. The van der Waals surface area contributed by atoms with Crippen molar-refractivity contribution < 1.29 is 9.72 Å². The molecule has 2 aliphatic rings. The number of nitrogens with one attached hydrogen (secondary N) is 3. The van der Waals surface area contributed by atoms with Crippen LogP contribution in [0.5, 0.6) is 0 Å². The van der Waals surface area contributed by atoms with Gasteiger partial charge in [0.05, 0.1) is 4.92 Å². The van der Waals surface area contributed by atoms with Gasteiger partial charge in [0.2, 0.25) is 5.91 Å². The summed E-state index contributed by atoms with van der Waals surface area (Å²) in [6.45, 7) is 3.85. The lowest BCUT2D eigenvalue weighted by Crippen LogP contribution is -2.51. The Kier molecular flexibility index (Phi) is 5.78. The summed E-state index contributed by atoms with van der Waals surface area (Å²) in [4.78, 5) is 28.5. The van der Waals surface area contributed by atoms with Crippen molar-refractivity contribution in [3.05, 3.63) is 34.4 Å². The summed E-state index contributed by atoms with van der Waals surface area (Å²) >= 11 is 0. The second-order valence-corrected chi connectivity index (χ2v) is 7.18. The molecule has 1 unspecified atom stereocenters. The van der Waals surface area contributed by atoms with Crippen LogP contribution in [-0.2, 0) is 4.79 Å². The Labute approximate surface area is 158 Å². The van der Waals surface area contributed by atoms with Crippen LogP contribution >= 0.6 is 0 Å². The predicted octanol–water partition coefficient (Wildman–Crippen LogP) is 1.18.